The summed E-state index contributed by atoms with van der Waals surface area (Å²) in [6.07, 6.45) is 4.26. The molecule has 1 aliphatic carbocycles. The SMILES string of the molecule is O=Cc1cnn2c(NC(=O)OC3CC3)cc(-c3ccnc(F)c3)nc12. The summed E-state index contributed by atoms with van der Waals surface area (Å²) in [5.74, 6) is -0.401. The first-order chi connectivity index (χ1) is 12.1. The van der Waals surface area contributed by atoms with Crippen LogP contribution in [0.1, 0.15) is 23.2 Å². The molecule has 0 aromatic carbocycles. The van der Waals surface area contributed by atoms with Gasteiger partial charge in [-0.1, -0.05) is 0 Å². The Morgan fingerprint density at radius 2 is 2.24 bits per heavy atom. The van der Waals surface area contributed by atoms with Gasteiger partial charge in [0.25, 0.3) is 0 Å². The van der Waals surface area contributed by atoms with E-state index < -0.39 is 12.0 Å². The van der Waals surface area contributed by atoms with Crippen molar-refractivity contribution in [3.8, 4) is 11.3 Å². The van der Waals surface area contributed by atoms with Crippen molar-refractivity contribution < 1.29 is 18.7 Å². The van der Waals surface area contributed by atoms with Gasteiger partial charge in [-0.3, -0.25) is 10.1 Å². The smallest absolute Gasteiger partial charge is 0.413 e. The topological polar surface area (TPSA) is 98.5 Å². The summed E-state index contributed by atoms with van der Waals surface area (Å²) in [5, 5.41) is 6.65. The molecule has 0 aliphatic heterocycles. The zero-order valence-corrected chi connectivity index (χ0v) is 12.8. The van der Waals surface area contributed by atoms with Gasteiger partial charge in [-0.05, 0) is 18.9 Å². The molecule has 1 amide bonds. The first kappa shape index (κ1) is 15.2. The maximum Gasteiger partial charge on any atom is 0.413 e. The quantitative estimate of drug-likeness (QED) is 0.578. The molecule has 1 N–H and O–H groups in total. The van der Waals surface area contributed by atoms with Crippen LogP contribution in [0.15, 0.2) is 30.6 Å². The molecule has 0 unspecified atom stereocenters. The highest BCUT2D eigenvalue weighted by molar-refractivity contribution is 5.88. The van der Waals surface area contributed by atoms with Gasteiger partial charge >= 0.3 is 6.09 Å². The Labute approximate surface area is 140 Å². The first-order valence-corrected chi connectivity index (χ1v) is 7.57. The van der Waals surface area contributed by atoms with Gasteiger partial charge in [-0.15, -0.1) is 0 Å². The molecule has 0 saturated heterocycles. The fraction of sp³-hybridized carbons (Fsp3) is 0.188. The molecule has 4 rings (SSSR count). The highest BCUT2D eigenvalue weighted by Gasteiger charge is 2.26. The van der Waals surface area contributed by atoms with Gasteiger partial charge in [0, 0.05) is 23.9 Å². The van der Waals surface area contributed by atoms with E-state index in [9.17, 15) is 14.0 Å². The number of aldehydes is 1. The van der Waals surface area contributed by atoms with Crippen LogP contribution >= 0.6 is 0 Å². The maximum absolute atomic E-state index is 13.4. The molecule has 3 heterocycles. The fourth-order valence-corrected chi connectivity index (χ4v) is 2.33. The second kappa shape index (κ2) is 5.93. The van der Waals surface area contributed by atoms with Crippen LogP contribution in [0.4, 0.5) is 15.0 Å². The van der Waals surface area contributed by atoms with Gasteiger partial charge in [0.1, 0.15) is 11.9 Å². The van der Waals surface area contributed by atoms with Gasteiger partial charge in [-0.2, -0.15) is 14.0 Å². The van der Waals surface area contributed by atoms with E-state index in [0.29, 0.717) is 17.5 Å². The highest BCUT2D eigenvalue weighted by Crippen LogP contribution is 2.26. The van der Waals surface area contributed by atoms with Crippen LogP contribution in [0.5, 0.6) is 0 Å². The van der Waals surface area contributed by atoms with Crippen LogP contribution in [-0.4, -0.2) is 38.1 Å². The average molecular weight is 341 g/mol. The minimum atomic E-state index is -0.661. The predicted octanol–water partition coefficient (Wildman–Crippen LogP) is 2.45. The summed E-state index contributed by atoms with van der Waals surface area (Å²) in [4.78, 5) is 31.0. The van der Waals surface area contributed by atoms with Crippen LogP contribution in [-0.2, 0) is 4.74 Å². The molecule has 3 aromatic heterocycles. The number of nitrogens with one attached hydrogen (secondary N) is 1. The average Bonchev–Trinajstić information content (AvgIpc) is 3.30. The molecule has 25 heavy (non-hydrogen) atoms. The summed E-state index contributed by atoms with van der Waals surface area (Å²) in [6.45, 7) is 0. The zero-order chi connectivity index (χ0) is 17.4. The van der Waals surface area contributed by atoms with Crippen molar-refractivity contribution in [1.29, 1.82) is 0 Å². The number of pyridine rings is 1. The summed E-state index contributed by atoms with van der Waals surface area (Å²) in [7, 11) is 0. The third-order valence-electron chi connectivity index (χ3n) is 3.68. The predicted molar refractivity (Wildman–Crippen MR) is 84.7 cm³/mol. The van der Waals surface area contributed by atoms with E-state index in [4.69, 9.17) is 4.74 Å². The van der Waals surface area contributed by atoms with Crippen molar-refractivity contribution in [1.82, 2.24) is 19.6 Å². The Morgan fingerprint density at radius 3 is 2.96 bits per heavy atom. The number of carbonyl (C=O) groups is 2. The summed E-state index contributed by atoms with van der Waals surface area (Å²) in [6, 6.07) is 4.31. The van der Waals surface area contributed by atoms with Gasteiger partial charge in [-0.25, -0.2) is 14.8 Å². The minimum absolute atomic E-state index is 0.0609. The molecule has 9 heteroatoms. The number of anilines is 1. The monoisotopic (exact) mass is 341 g/mol. The third kappa shape index (κ3) is 3.03. The van der Waals surface area contributed by atoms with E-state index in [1.807, 2.05) is 0 Å². The van der Waals surface area contributed by atoms with E-state index in [1.165, 1.54) is 29.0 Å². The van der Waals surface area contributed by atoms with Gasteiger partial charge in [0.2, 0.25) is 5.95 Å². The van der Waals surface area contributed by atoms with Crippen LogP contribution in [0.25, 0.3) is 16.9 Å². The zero-order valence-electron chi connectivity index (χ0n) is 12.8. The Hall–Kier alpha value is -3.36. The maximum atomic E-state index is 13.4. The molecule has 0 spiro atoms. The lowest BCUT2D eigenvalue weighted by Crippen LogP contribution is -2.17. The van der Waals surface area contributed by atoms with E-state index in [-0.39, 0.29) is 23.1 Å². The van der Waals surface area contributed by atoms with Crippen LogP contribution in [0.2, 0.25) is 0 Å². The number of rotatable bonds is 4. The van der Waals surface area contributed by atoms with Crippen LogP contribution < -0.4 is 5.32 Å². The number of aromatic nitrogens is 4. The first-order valence-electron chi connectivity index (χ1n) is 7.57. The third-order valence-corrected chi connectivity index (χ3v) is 3.68. The molecule has 0 bridgehead atoms. The van der Waals surface area contributed by atoms with E-state index in [2.05, 4.69) is 20.4 Å². The number of fused-ring (bicyclic) bond motifs is 1. The van der Waals surface area contributed by atoms with Crippen LogP contribution in [0.3, 0.4) is 0 Å². The lowest BCUT2D eigenvalue weighted by Gasteiger charge is -2.10. The molecule has 3 aromatic rings. The molecular formula is C16H12FN5O3. The van der Waals surface area contributed by atoms with Crippen LogP contribution in [0, 0.1) is 5.95 Å². The van der Waals surface area contributed by atoms with Gasteiger partial charge in [0.15, 0.2) is 11.9 Å². The molecule has 1 fully saturated rings. The minimum Gasteiger partial charge on any atom is -0.446 e. The number of carbonyl (C=O) groups excluding carboxylic acids is 2. The Morgan fingerprint density at radius 1 is 1.40 bits per heavy atom. The molecule has 126 valence electrons. The largest absolute Gasteiger partial charge is 0.446 e. The second-order valence-electron chi connectivity index (χ2n) is 5.58. The number of hydrogen-bond donors (Lipinski definition) is 1. The van der Waals surface area contributed by atoms with Crippen molar-refractivity contribution >= 4 is 23.8 Å². The Bertz CT molecular complexity index is 983. The van der Waals surface area contributed by atoms with E-state index in [1.54, 1.807) is 6.07 Å². The van der Waals surface area contributed by atoms with E-state index >= 15 is 0 Å². The Balaban J connectivity index is 1.80. The van der Waals surface area contributed by atoms with Gasteiger partial charge < -0.3 is 4.74 Å². The van der Waals surface area contributed by atoms with E-state index in [0.717, 1.165) is 12.8 Å². The number of amides is 1. The fourth-order valence-electron chi connectivity index (χ4n) is 2.33. The number of hydrogen-bond acceptors (Lipinski definition) is 6. The lowest BCUT2D eigenvalue weighted by atomic mass is 10.2. The van der Waals surface area contributed by atoms with Crippen molar-refractivity contribution in [3.05, 3.63) is 42.1 Å². The highest BCUT2D eigenvalue weighted by atomic mass is 19.1. The number of nitrogens with zero attached hydrogens (tertiary/aromatic N) is 4. The lowest BCUT2D eigenvalue weighted by molar-refractivity contribution is 0.112. The van der Waals surface area contributed by atoms with Crippen molar-refractivity contribution in [2.45, 2.75) is 18.9 Å². The molecule has 1 aliphatic rings. The number of ether oxygens (including phenoxy) is 1. The van der Waals surface area contributed by atoms with Crippen molar-refractivity contribution in [2.75, 3.05) is 5.32 Å². The number of halogens is 1. The summed E-state index contributed by atoms with van der Waals surface area (Å²) in [5.41, 5.74) is 1.30. The summed E-state index contributed by atoms with van der Waals surface area (Å²) < 4.78 is 19.9. The van der Waals surface area contributed by atoms with Gasteiger partial charge in [0.05, 0.1) is 17.5 Å². The van der Waals surface area contributed by atoms with Crippen molar-refractivity contribution in [3.63, 3.8) is 0 Å². The second-order valence-corrected chi connectivity index (χ2v) is 5.58. The Kier molecular flexibility index (Phi) is 3.60. The molecule has 0 radical (unpaired) electrons. The molecular weight excluding hydrogens is 329 g/mol. The van der Waals surface area contributed by atoms with Crippen molar-refractivity contribution in [2.24, 2.45) is 0 Å². The normalized spacial score (nSPS) is 13.6. The molecule has 8 nitrogen and oxygen atoms in total. The standard InChI is InChI=1S/C16H12FN5O3/c17-13-5-9(3-4-18-13)12-6-14(21-16(24)25-11-1-2-11)22-15(20-12)10(8-23)7-19-22/h3-8,11H,1-2H2,(H,21,24). The molecule has 0 atom stereocenters. The summed E-state index contributed by atoms with van der Waals surface area (Å²) >= 11 is 0. The molecule has 1 saturated carbocycles.